The number of esters is 1. The van der Waals surface area contributed by atoms with Crippen LogP contribution in [0.4, 0.5) is 0 Å². The number of phenolic OH excluding ortho intramolecular Hbond substituents is 1. The highest BCUT2D eigenvalue weighted by molar-refractivity contribution is 6.31. The number of methoxy groups -OCH3 is 2. The topological polar surface area (TPSA) is 94.2 Å². The Hall–Kier alpha value is -3.26. The fourth-order valence-electron chi connectivity index (χ4n) is 5.23. The van der Waals surface area contributed by atoms with Crippen molar-refractivity contribution in [3.05, 3.63) is 81.4 Å². The first-order valence-electron chi connectivity index (χ1n) is 11.9. The Morgan fingerprint density at radius 1 is 1.14 bits per heavy atom. The van der Waals surface area contributed by atoms with Crippen molar-refractivity contribution in [2.45, 2.75) is 37.9 Å². The van der Waals surface area contributed by atoms with Gasteiger partial charge in [0.25, 0.3) is 0 Å². The number of benzene rings is 3. The third-order valence-electron chi connectivity index (χ3n) is 7.10. The van der Waals surface area contributed by atoms with Crippen LogP contribution in [0, 0.1) is 0 Å². The lowest BCUT2D eigenvalue weighted by Crippen LogP contribution is -2.40. The van der Waals surface area contributed by atoms with Crippen LogP contribution in [0.3, 0.4) is 0 Å². The van der Waals surface area contributed by atoms with Crippen LogP contribution >= 0.6 is 11.6 Å². The number of hydrogen-bond acceptors (Lipinski definition) is 7. The van der Waals surface area contributed by atoms with E-state index >= 15 is 0 Å². The summed E-state index contributed by atoms with van der Waals surface area (Å²) in [7, 11) is 3.08. The summed E-state index contributed by atoms with van der Waals surface area (Å²) in [6.45, 7) is 1.33. The van der Waals surface area contributed by atoms with E-state index in [1.807, 2.05) is 36.4 Å². The number of aromatic hydroxyl groups is 1. The summed E-state index contributed by atoms with van der Waals surface area (Å²) in [5, 5.41) is 11.0. The minimum atomic E-state index is -0.820. The summed E-state index contributed by atoms with van der Waals surface area (Å²) in [4.78, 5) is 15.3. The molecular formula is C28H29ClN2O5. The summed E-state index contributed by atoms with van der Waals surface area (Å²) in [5.74, 6) is 0.836. The number of hydrogen-bond donors (Lipinski definition) is 2. The third kappa shape index (κ3) is 4.50. The molecule has 0 aliphatic carbocycles. The first-order valence-corrected chi connectivity index (χ1v) is 12.3. The van der Waals surface area contributed by atoms with Crippen LogP contribution in [0.1, 0.15) is 33.9 Å². The van der Waals surface area contributed by atoms with Gasteiger partial charge in [0.1, 0.15) is 6.04 Å². The van der Waals surface area contributed by atoms with E-state index in [-0.39, 0.29) is 11.8 Å². The fourth-order valence-corrected chi connectivity index (χ4v) is 5.53. The number of rotatable bonds is 6. The molecule has 2 unspecified atom stereocenters. The number of nitrogens with zero attached hydrogens (tertiary/aromatic N) is 1. The van der Waals surface area contributed by atoms with Crippen LogP contribution in [0.2, 0.25) is 5.02 Å². The SMILES string of the molecule is COc1cc2c(cc1O)C1Cc3c(Cl)cc(OC)c(OC(=O)C(N)Cc4ccccc4)c3CN1CC2. The molecule has 2 aliphatic rings. The molecule has 3 N–H and O–H groups in total. The molecule has 0 saturated heterocycles. The smallest absolute Gasteiger partial charge is 0.328 e. The van der Waals surface area contributed by atoms with Crippen molar-refractivity contribution in [3.8, 4) is 23.0 Å². The largest absolute Gasteiger partial charge is 0.504 e. The van der Waals surface area contributed by atoms with Crippen molar-refractivity contribution < 1.29 is 24.1 Å². The summed E-state index contributed by atoms with van der Waals surface area (Å²) in [5.41, 5.74) is 11.1. The number of ether oxygens (including phenoxy) is 3. The molecule has 0 bridgehead atoms. The maximum absolute atomic E-state index is 13.0. The molecule has 0 spiro atoms. The van der Waals surface area contributed by atoms with E-state index < -0.39 is 12.0 Å². The molecule has 188 valence electrons. The van der Waals surface area contributed by atoms with Crippen molar-refractivity contribution in [3.63, 3.8) is 0 Å². The van der Waals surface area contributed by atoms with E-state index in [2.05, 4.69) is 4.90 Å². The zero-order chi connectivity index (χ0) is 25.4. The molecule has 0 radical (unpaired) electrons. The van der Waals surface area contributed by atoms with E-state index in [1.165, 1.54) is 7.11 Å². The molecule has 8 heteroatoms. The van der Waals surface area contributed by atoms with Crippen LogP contribution in [-0.2, 0) is 30.6 Å². The lowest BCUT2D eigenvalue weighted by molar-refractivity contribution is -0.136. The zero-order valence-electron chi connectivity index (χ0n) is 20.3. The molecule has 3 aromatic carbocycles. The average Bonchev–Trinajstić information content (AvgIpc) is 2.89. The van der Waals surface area contributed by atoms with Gasteiger partial charge in [-0.3, -0.25) is 4.90 Å². The van der Waals surface area contributed by atoms with Crippen molar-refractivity contribution in [2.75, 3.05) is 20.8 Å². The predicted octanol–water partition coefficient (Wildman–Crippen LogP) is 4.19. The molecule has 5 rings (SSSR count). The second-order valence-electron chi connectivity index (χ2n) is 9.23. The monoisotopic (exact) mass is 508 g/mol. The Morgan fingerprint density at radius 3 is 2.61 bits per heavy atom. The number of phenols is 1. The lowest BCUT2D eigenvalue weighted by Gasteiger charge is -2.42. The quantitative estimate of drug-likeness (QED) is 0.381. The summed E-state index contributed by atoms with van der Waals surface area (Å²) in [6, 6.07) is 14.2. The van der Waals surface area contributed by atoms with Gasteiger partial charge in [-0.2, -0.15) is 0 Å². The van der Waals surface area contributed by atoms with Crippen LogP contribution in [0.25, 0.3) is 0 Å². The van der Waals surface area contributed by atoms with E-state index in [1.54, 1.807) is 19.2 Å². The predicted molar refractivity (Wildman–Crippen MR) is 137 cm³/mol. The van der Waals surface area contributed by atoms with E-state index in [4.69, 9.17) is 31.5 Å². The molecule has 3 aromatic rings. The van der Waals surface area contributed by atoms with Gasteiger partial charge in [-0.15, -0.1) is 0 Å². The van der Waals surface area contributed by atoms with Crippen LogP contribution in [0.5, 0.6) is 23.0 Å². The lowest BCUT2D eigenvalue weighted by atomic mass is 9.83. The highest BCUT2D eigenvalue weighted by Gasteiger charge is 2.37. The number of halogens is 1. The molecule has 2 aliphatic heterocycles. The molecule has 2 heterocycles. The highest BCUT2D eigenvalue weighted by Crippen LogP contribution is 2.48. The van der Waals surface area contributed by atoms with Gasteiger partial charge in [-0.1, -0.05) is 41.9 Å². The van der Waals surface area contributed by atoms with E-state index in [9.17, 15) is 9.90 Å². The minimum Gasteiger partial charge on any atom is -0.504 e. The van der Waals surface area contributed by atoms with Gasteiger partial charge in [0.15, 0.2) is 23.0 Å². The van der Waals surface area contributed by atoms with Gasteiger partial charge >= 0.3 is 5.97 Å². The number of fused-ring (bicyclic) bond motifs is 4. The van der Waals surface area contributed by atoms with Gasteiger partial charge in [0, 0.05) is 35.8 Å². The van der Waals surface area contributed by atoms with Gasteiger partial charge in [-0.05, 0) is 53.6 Å². The van der Waals surface area contributed by atoms with Crippen molar-refractivity contribution in [1.29, 1.82) is 0 Å². The standard InChI is InChI=1S/C28H29ClN2O5/c1-34-25-11-17-8-9-31-15-20-19(12-23(31)18(17)13-24(25)32)21(29)14-26(35-2)27(20)36-28(33)22(30)10-16-6-4-3-5-7-16/h3-7,11,13-14,22-23,32H,8-10,12,15,30H2,1-2H3. The van der Waals surface area contributed by atoms with Crippen molar-refractivity contribution in [1.82, 2.24) is 4.90 Å². The molecular weight excluding hydrogens is 480 g/mol. The number of carbonyl (C=O) groups is 1. The Bertz CT molecular complexity index is 1300. The third-order valence-corrected chi connectivity index (χ3v) is 7.44. The molecule has 0 fully saturated rings. The highest BCUT2D eigenvalue weighted by atomic mass is 35.5. The zero-order valence-corrected chi connectivity index (χ0v) is 21.0. The molecule has 0 saturated carbocycles. The van der Waals surface area contributed by atoms with E-state index in [0.29, 0.717) is 41.7 Å². The van der Waals surface area contributed by atoms with Crippen molar-refractivity contribution in [2.24, 2.45) is 5.73 Å². The van der Waals surface area contributed by atoms with Gasteiger partial charge < -0.3 is 25.1 Å². The van der Waals surface area contributed by atoms with Crippen molar-refractivity contribution >= 4 is 17.6 Å². The molecule has 7 nitrogen and oxygen atoms in total. The second-order valence-corrected chi connectivity index (χ2v) is 9.63. The Morgan fingerprint density at radius 2 is 1.89 bits per heavy atom. The maximum Gasteiger partial charge on any atom is 0.328 e. The average molecular weight is 509 g/mol. The van der Waals surface area contributed by atoms with Gasteiger partial charge in [0.05, 0.1) is 14.2 Å². The first kappa shape index (κ1) is 24.4. The van der Waals surface area contributed by atoms with Gasteiger partial charge in [-0.25, -0.2) is 4.79 Å². The number of carbonyl (C=O) groups excluding carboxylic acids is 1. The second kappa shape index (κ2) is 10.0. The van der Waals surface area contributed by atoms with E-state index in [0.717, 1.165) is 40.8 Å². The van der Waals surface area contributed by atoms with Crippen LogP contribution in [0.15, 0.2) is 48.5 Å². The maximum atomic E-state index is 13.0. The summed E-state index contributed by atoms with van der Waals surface area (Å²) < 4.78 is 16.7. The van der Waals surface area contributed by atoms with Gasteiger partial charge in [0.2, 0.25) is 0 Å². The molecule has 0 aromatic heterocycles. The molecule has 2 atom stereocenters. The Balaban J connectivity index is 1.46. The first-order chi connectivity index (χ1) is 17.4. The fraction of sp³-hybridized carbons (Fsp3) is 0.321. The minimum absolute atomic E-state index is 0.0350. The number of nitrogens with two attached hydrogens (primary N) is 1. The summed E-state index contributed by atoms with van der Waals surface area (Å²) >= 11 is 6.71. The normalized spacial score (nSPS) is 17.4. The Kier molecular flexibility index (Phi) is 6.79. The molecule has 0 amide bonds. The molecule has 36 heavy (non-hydrogen) atoms. The van der Waals surface area contributed by atoms with Crippen LogP contribution in [-0.4, -0.2) is 42.8 Å². The Labute approximate surface area is 215 Å². The summed E-state index contributed by atoms with van der Waals surface area (Å²) in [6.07, 6.45) is 1.79. The van der Waals surface area contributed by atoms with Crippen LogP contribution < -0.4 is 19.9 Å².